The van der Waals surface area contributed by atoms with Gasteiger partial charge in [0, 0.05) is 0 Å². The molecule has 0 aliphatic carbocycles. The van der Waals surface area contributed by atoms with Crippen LogP contribution in [0.2, 0.25) is 0 Å². The van der Waals surface area contributed by atoms with Gasteiger partial charge in [0.25, 0.3) is 0 Å². The summed E-state index contributed by atoms with van der Waals surface area (Å²) in [5, 5.41) is 21.1. The Balaban J connectivity index is 2.29. The largest absolute Gasteiger partial charge is 0.321 e. The molecule has 2 aromatic heterocycles. The van der Waals surface area contributed by atoms with Gasteiger partial charge in [-0.1, -0.05) is 43.4 Å². The van der Waals surface area contributed by atoms with Crippen LogP contribution in [0.3, 0.4) is 0 Å². The summed E-state index contributed by atoms with van der Waals surface area (Å²) >= 11 is 2.83. The highest BCUT2D eigenvalue weighted by Crippen LogP contribution is 2.27. The zero-order chi connectivity index (χ0) is 13.1. The molecule has 6 nitrogen and oxygen atoms in total. The van der Waals surface area contributed by atoms with Gasteiger partial charge in [-0.3, -0.25) is 0 Å². The number of nitrogens with two attached hydrogens (primary N) is 1. The highest BCUT2D eigenvalue weighted by Gasteiger charge is 2.21. The van der Waals surface area contributed by atoms with Crippen molar-refractivity contribution in [2.24, 2.45) is 11.7 Å². The van der Waals surface area contributed by atoms with E-state index in [0.29, 0.717) is 17.5 Å². The van der Waals surface area contributed by atoms with Crippen LogP contribution in [-0.4, -0.2) is 25.6 Å². The van der Waals surface area contributed by atoms with E-state index in [9.17, 15) is 0 Å². The van der Waals surface area contributed by atoms with E-state index in [1.807, 2.05) is 0 Å². The Morgan fingerprint density at radius 3 is 3.00 bits per heavy atom. The maximum Gasteiger partial charge on any atom is 0.235 e. The normalized spacial score (nSPS) is 14.6. The number of hydrogen-bond donors (Lipinski definition) is 1. The summed E-state index contributed by atoms with van der Waals surface area (Å²) in [5.41, 5.74) is 6.15. The SMILES string of the molecule is CC[C@H](C)[C@H](N)c1nnc2sc(SCC#N)nn12. The topological polar surface area (TPSA) is 92.9 Å². The van der Waals surface area contributed by atoms with E-state index in [2.05, 4.69) is 35.2 Å². The van der Waals surface area contributed by atoms with Crippen molar-refractivity contribution in [3.8, 4) is 6.07 Å². The molecule has 0 radical (unpaired) electrons. The van der Waals surface area contributed by atoms with Crippen LogP contribution in [0.15, 0.2) is 4.34 Å². The fraction of sp³-hybridized carbons (Fsp3) is 0.600. The Labute approximate surface area is 113 Å². The molecule has 2 N–H and O–H groups in total. The molecule has 0 fully saturated rings. The van der Waals surface area contributed by atoms with Crippen LogP contribution in [0.5, 0.6) is 0 Å². The van der Waals surface area contributed by atoms with Crippen LogP contribution in [-0.2, 0) is 0 Å². The zero-order valence-electron chi connectivity index (χ0n) is 10.2. The van der Waals surface area contributed by atoms with Gasteiger partial charge in [0.05, 0.1) is 17.9 Å². The summed E-state index contributed by atoms with van der Waals surface area (Å²) in [6.45, 7) is 4.18. The summed E-state index contributed by atoms with van der Waals surface area (Å²) in [7, 11) is 0. The molecule has 0 saturated heterocycles. The minimum absolute atomic E-state index is 0.166. The minimum atomic E-state index is -0.166. The molecule has 2 rings (SSSR count). The fourth-order valence-corrected chi connectivity index (χ4v) is 3.03. The third-order valence-corrected chi connectivity index (χ3v) is 4.71. The van der Waals surface area contributed by atoms with E-state index in [-0.39, 0.29) is 6.04 Å². The summed E-state index contributed by atoms with van der Waals surface area (Å²) in [6.07, 6.45) is 0.982. The minimum Gasteiger partial charge on any atom is -0.321 e. The number of thioether (sulfide) groups is 1. The third kappa shape index (κ3) is 2.48. The van der Waals surface area contributed by atoms with Crippen molar-refractivity contribution in [3.63, 3.8) is 0 Å². The molecule has 96 valence electrons. The predicted octanol–water partition coefficient (Wildman–Crippen LogP) is 1.85. The van der Waals surface area contributed by atoms with E-state index >= 15 is 0 Å². The zero-order valence-corrected chi connectivity index (χ0v) is 11.8. The van der Waals surface area contributed by atoms with E-state index < -0.39 is 0 Å². The van der Waals surface area contributed by atoms with Crippen LogP contribution < -0.4 is 5.73 Å². The molecule has 0 aliphatic heterocycles. The Bertz CT molecular complexity index is 568. The number of nitriles is 1. The molecule has 0 spiro atoms. The number of fused-ring (bicyclic) bond motifs is 1. The van der Waals surface area contributed by atoms with Gasteiger partial charge >= 0.3 is 0 Å². The molecule has 0 saturated carbocycles. The molecule has 0 amide bonds. The Kier molecular flexibility index (Phi) is 4.16. The maximum atomic E-state index is 8.55. The monoisotopic (exact) mass is 282 g/mol. The van der Waals surface area contributed by atoms with Crippen LogP contribution in [0.25, 0.3) is 4.96 Å². The van der Waals surface area contributed by atoms with E-state index in [1.54, 1.807) is 4.52 Å². The van der Waals surface area contributed by atoms with Crippen molar-refractivity contribution < 1.29 is 0 Å². The van der Waals surface area contributed by atoms with Gasteiger partial charge in [-0.25, -0.2) is 0 Å². The molecule has 0 bridgehead atoms. The van der Waals surface area contributed by atoms with Gasteiger partial charge in [0.1, 0.15) is 0 Å². The molecule has 18 heavy (non-hydrogen) atoms. The van der Waals surface area contributed by atoms with Crippen molar-refractivity contribution >= 4 is 28.1 Å². The van der Waals surface area contributed by atoms with E-state index in [4.69, 9.17) is 11.0 Å². The number of rotatable bonds is 5. The average molecular weight is 282 g/mol. The lowest BCUT2D eigenvalue weighted by Gasteiger charge is -2.15. The van der Waals surface area contributed by atoms with Crippen LogP contribution in [0.1, 0.15) is 32.1 Å². The quantitative estimate of drug-likeness (QED) is 0.841. The first kappa shape index (κ1) is 13.3. The number of aromatic nitrogens is 4. The smallest absolute Gasteiger partial charge is 0.235 e. The number of nitrogens with zero attached hydrogens (tertiary/aromatic N) is 5. The van der Waals surface area contributed by atoms with Crippen molar-refractivity contribution in [3.05, 3.63) is 5.82 Å². The van der Waals surface area contributed by atoms with Crippen LogP contribution >= 0.6 is 23.1 Å². The summed E-state index contributed by atoms with van der Waals surface area (Å²) < 4.78 is 2.51. The second-order valence-electron chi connectivity index (χ2n) is 3.98. The Hall–Kier alpha value is -1.17. The molecule has 0 aromatic carbocycles. The lowest BCUT2D eigenvalue weighted by Crippen LogP contribution is -2.21. The summed E-state index contributed by atoms with van der Waals surface area (Å²) in [4.78, 5) is 0.726. The summed E-state index contributed by atoms with van der Waals surface area (Å²) in [6, 6.07) is 1.91. The molecular weight excluding hydrogens is 268 g/mol. The van der Waals surface area contributed by atoms with Gasteiger partial charge in [0.2, 0.25) is 4.96 Å². The second kappa shape index (κ2) is 5.65. The highest BCUT2D eigenvalue weighted by atomic mass is 32.2. The van der Waals surface area contributed by atoms with Crippen molar-refractivity contribution in [1.82, 2.24) is 19.8 Å². The molecular formula is C10H14N6S2. The van der Waals surface area contributed by atoms with Crippen LogP contribution in [0, 0.1) is 17.2 Å². The van der Waals surface area contributed by atoms with Gasteiger partial charge in [-0.05, 0) is 5.92 Å². The van der Waals surface area contributed by atoms with Crippen LogP contribution in [0.4, 0.5) is 0 Å². The van der Waals surface area contributed by atoms with E-state index in [0.717, 1.165) is 15.7 Å². The number of hydrogen-bond acceptors (Lipinski definition) is 7. The average Bonchev–Trinajstić information content (AvgIpc) is 2.93. The predicted molar refractivity (Wildman–Crippen MR) is 71.4 cm³/mol. The van der Waals surface area contributed by atoms with Crippen molar-refractivity contribution in [1.29, 1.82) is 5.26 Å². The summed E-state index contributed by atoms with van der Waals surface area (Å²) in [5.74, 6) is 1.41. The van der Waals surface area contributed by atoms with Gasteiger partial charge < -0.3 is 5.73 Å². The molecule has 2 heterocycles. The first-order valence-electron chi connectivity index (χ1n) is 5.64. The standard InChI is InChI=1S/C10H14N6S2/c1-3-6(2)7(12)8-13-14-9-16(8)15-10(18-9)17-5-4-11/h6-7H,3,5,12H2,1-2H3/t6-,7-/m0/s1. The van der Waals surface area contributed by atoms with E-state index in [1.165, 1.54) is 23.1 Å². The Morgan fingerprint density at radius 1 is 1.56 bits per heavy atom. The second-order valence-corrected chi connectivity index (χ2v) is 6.16. The first-order valence-corrected chi connectivity index (χ1v) is 7.45. The molecule has 0 unspecified atom stereocenters. The lowest BCUT2D eigenvalue weighted by atomic mass is 10.00. The maximum absolute atomic E-state index is 8.55. The fourth-order valence-electron chi connectivity index (χ4n) is 1.48. The Morgan fingerprint density at radius 2 is 2.33 bits per heavy atom. The first-order chi connectivity index (χ1) is 8.67. The van der Waals surface area contributed by atoms with Gasteiger partial charge in [-0.2, -0.15) is 9.78 Å². The van der Waals surface area contributed by atoms with Gasteiger partial charge in [0.15, 0.2) is 10.2 Å². The van der Waals surface area contributed by atoms with Gasteiger partial charge in [-0.15, -0.1) is 15.3 Å². The lowest BCUT2D eigenvalue weighted by molar-refractivity contribution is 0.431. The van der Waals surface area contributed by atoms with Crippen molar-refractivity contribution in [2.75, 3.05) is 5.75 Å². The highest BCUT2D eigenvalue weighted by molar-refractivity contribution is 8.01. The molecule has 2 aromatic rings. The third-order valence-electron chi connectivity index (χ3n) is 2.81. The molecule has 0 aliphatic rings. The molecule has 2 atom stereocenters. The van der Waals surface area contributed by atoms with Crippen molar-refractivity contribution in [2.45, 2.75) is 30.6 Å². The molecule has 8 heteroatoms.